The number of imide groups is 1. The van der Waals surface area contributed by atoms with Crippen molar-refractivity contribution in [1.29, 1.82) is 0 Å². The van der Waals surface area contributed by atoms with Crippen molar-refractivity contribution in [3.8, 4) is 5.75 Å². The second-order valence-corrected chi connectivity index (χ2v) is 12.7. The smallest absolute Gasteiger partial charge is 0.496 e. The van der Waals surface area contributed by atoms with Crippen molar-refractivity contribution in [2.75, 3.05) is 26.9 Å². The number of aromatic nitrogens is 1. The van der Waals surface area contributed by atoms with Crippen molar-refractivity contribution in [2.24, 2.45) is 17.8 Å². The molecule has 1 N–H and O–H groups in total. The number of carboxylic acids is 1. The zero-order valence-corrected chi connectivity index (χ0v) is 24.8. The summed E-state index contributed by atoms with van der Waals surface area (Å²) in [6.45, 7) is 6.00. The summed E-state index contributed by atoms with van der Waals surface area (Å²) in [5.41, 5.74) is -0.387. The number of urea groups is 1. The lowest BCUT2D eigenvalue weighted by molar-refractivity contribution is -0.454. The van der Waals surface area contributed by atoms with Gasteiger partial charge >= 0.3 is 17.9 Å². The minimum absolute atomic E-state index is 0.0476. The van der Waals surface area contributed by atoms with Gasteiger partial charge in [-0.1, -0.05) is 18.2 Å². The van der Waals surface area contributed by atoms with Crippen LogP contribution < -0.4 is 4.74 Å². The van der Waals surface area contributed by atoms with Crippen molar-refractivity contribution in [3.05, 3.63) is 53.8 Å². The fourth-order valence-electron chi connectivity index (χ4n) is 6.42. The van der Waals surface area contributed by atoms with E-state index in [1.165, 1.54) is 42.6 Å². The Labute approximate surface area is 247 Å². The molecule has 222 valence electrons. The normalized spacial score (nSPS) is 26.6. The standard InChI is InChI=1S/C30H33N3O8S/c1-16-23-26(34)33(30(2,3)28(35)36)29(37)32(27(23)42-24(16)25-31-9-10-40-25)13-22(20-7-5-6-8-21(20)38-4)41-19-11-17-14-39-15-18(17)12-19/h5-10,17-19,22-23H,11-15H2,1-4H3/p+1. The molecule has 2 fully saturated rings. The van der Waals surface area contributed by atoms with Gasteiger partial charge < -0.3 is 23.7 Å². The molecule has 0 bridgehead atoms. The number of carbonyl (C=O) groups excluding carboxylic acids is 2. The first-order valence-corrected chi connectivity index (χ1v) is 14.8. The zero-order chi connectivity index (χ0) is 29.8. The number of oxazole rings is 1. The summed E-state index contributed by atoms with van der Waals surface area (Å²) < 4.78 is 25.2. The Morgan fingerprint density at radius 2 is 1.95 bits per heavy atom. The lowest BCUT2D eigenvalue weighted by Gasteiger charge is -2.33. The Morgan fingerprint density at radius 1 is 1.24 bits per heavy atom. The Bertz CT molecular complexity index is 1470. The lowest BCUT2D eigenvalue weighted by Crippen LogP contribution is -2.63. The molecule has 42 heavy (non-hydrogen) atoms. The molecule has 1 aliphatic carbocycles. The van der Waals surface area contributed by atoms with Crippen LogP contribution in [0.1, 0.15) is 51.2 Å². The van der Waals surface area contributed by atoms with Crippen LogP contribution in [-0.2, 0) is 19.1 Å². The topological polar surface area (TPSA) is 131 Å². The third kappa shape index (κ3) is 4.75. The second kappa shape index (κ2) is 11.0. The van der Waals surface area contributed by atoms with Gasteiger partial charge in [-0.05, 0) is 68.9 Å². The molecule has 4 atom stereocenters. The zero-order valence-electron chi connectivity index (χ0n) is 23.9. The highest BCUT2D eigenvalue weighted by atomic mass is 32.2. The lowest BCUT2D eigenvalue weighted by atomic mass is 9.93. The number of carbonyl (C=O) groups is 3. The summed E-state index contributed by atoms with van der Waals surface area (Å²) in [6.07, 6.45) is 4.00. The number of methoxy groups -OCH3 is 1. The van der Waals surface area contributed by atoms with Crippen molar-refractivity contribution in [3.63, 3.8) is 0 Å². The first-order valence-electron chi connectivity index (χ1n) is 14.0. The van der Waals surface area contributed by atoms with E-state index in [-0.39, 0.29) is 12.6 Å². The Kier molecular flexibility index (Phi) is 7.48. The number of carboxylic acid groups (broad SMARTS) is 1. The highest BCUT2D eigenvalue weighted by molar-refractivity contribution is 8.22. The van der Waals surface area contributed by atoms with E-state index in [2.05, 4.69) is 4.98 Å². The molecule has 4 unspecified atom stereocenters. The van der Waals surface area contributed by atoms with E-state index in [4.69, 9.17) is 18.6 Å². The van der Waals surface area contributed by atoms with Gasteiger partial charge in [0.1, 0.15) is 24.7 Å². The first kappa shape index (κ1) is 28.6. The number of para-hydroxylation sites is 1. The van der Waals surface area contributed by atoms with Crippen molar-refractivity contribution in [1.82, 2.24) is 9.88 Å². The van der Waals surface area contributed by atoms with Gasteiger partial charge in [-0.2, -0.15) is 9.37 Å². The molecule has 1 saturated carbocycles. The molecule has 1 aromatic heterocycles. The highest BCUT2D eigenvalue weighted by Gasteiger charge is 2.60. The SMILES string of the molecule is COc1ccccc1C(C[N+]1=C2SC(c3ncco3)=C(C)C2C(=O)N(C(C)(C)C(=O)O)C1=O)OC1CC2COCC2C1. The predicted octanol–water partition coefficient (Wildman–Crippen LogP) is 4.20. The minimum Gasteiger partial charge on any atom is -0.496 e. The molecule has 0 spiro atoms. The fourth-order valence-corrected chi connectivity index (χ4v) is 7.75. The summed E-state index contributed by atoms with van der Waals surface area (Å²) in [5.74, 6) is -0.922. The molecule has 0 radical (unpaired) electrons. The molecule has 4 heterocycles. The molecule has 12 heteroatoms. The average Bonchev–Trinajstić information content (AvgIpc) is 3.75. The van der Waals surface area contributed by atoms with Gasteiger partial charge in [-0.25, -0.2) is 14.6 Å². The maximum Gasteiger partial charge on any atom is 0.502 e. The van der Waals surface area contributed by atoms with E-state index in [0.717, 1.165) is 36.5 Å². The van der Waals surface area contributed by atoms with Gasteiger partial charge in [0.05, 0.1) is 24.3 Å². The number of aliphatic carboxylic acids is 1. The third-order valence-corrected chi connectivity index (χ3v) is 10.1. The number of benzene rings is 1. The van der Waals surface area contributed by atoms with Crippen molar-refractivity contribution < 1.29 is 42.7 Å². The molecule has 1 aromatic carbocycles. The molecule has 3 aliphatic heterocycles. The number of hydrogen-bond donors (Lipinski definition) is 1. The molecule has 6 rings (SSSR count). The largest absolute Gasteiger partial charge is 0.502 e. The summed E-state index contributed by atoms with van der Waals surface area (Å²) in [5, 5.41) is 10.5. The number of fused-ring (bicyclic) bond motifs is 2. The van der Waals surface area contributed by atoms with Crippen LogP contribution in [-0.4, -0.2) is 81.0 Å². The Hall–Kier alpha value is -3.48. The number of amides is 3. The number of thioether (sulfide) groups is 1. The number of rotatable bonds is 9. The van der Waals surface area contributed by atoms with Gasteiger partial charge in [0.2, 0.25) is 11.4 Å². The van der Waals surface area contributed by atoms with Gasteiger partial charge in [0.15, 0.2) is 11.0 Å². The van der Waals surface area contributed by atoms with E-state index in [1.807, 2.05) is 24.3 Å². The first-order chi connectivity index (χ1) is 20.1. The van der Waals surface area contributed by atoms with Crippen LogP contribution in [0.5, 0.6) is 5.75 Å². The van der Waals surface area contributed by atoms with Crippen LogP contribution >= 0.6 is 11.8 Å². The second-order valence-electron chi connectivity index (χ2n) is 11.7. The van der Waals surface area contributed by atoms with Crippen LogP contribution in [0.25, 0.3) is 4.91 Å². The minimum atomic E-state index is -1.79. The van der Waals surface area contributed by atoms with Gasteiger partial charge in [0.25, 0.3) is 0 Å². The van der Waals surface area contributed by atoms with E-state index in [1.54, 1.807) is 14.0 Å². The van der Waals surface area contributed by atoms with Crippen LogP contribution in [0.15, 0.2) is 46.7 Å². The summed E-state index contributed by atoms with van der Waals surface area (Å²) in [7, 11) is 1.59. The van der Waals surface area contributed by atoms with Crippen LogP contribution in [0.3, 0.4) is 0 Å². The maximum atomic E-state index is 14.2. The average molecular weight is 597 g/mol. The van der Waals surface area contributed by atoms with Crippen LogP contribution in [0, 0.1) is 17.8 Å². The number of hydrogen-bond acceptors (Lipinski definition) is 9. The molecule has 4 aliphatic rings. The summed E-state index contributed by atoms with van der Waals surface area (Å²) in [6, 6.07) is 6.79. The third-order valence-electron chi connectivity index (χ3n) is 8.76. The number of nitrogens with zero attached hydrogens (tertiary/aromatic N) is 3. The van der Waals surface area contributed by atoms with E-state index in [9.17, 15) is 19.5 Å². The fraction of sp³-hybridized carbons (Fsp3) is 0.500. The van der Waals surface area contributed by atoms with Crippen molar-refractivity contribution >= 4 is 39.6 Å². The molecule has 11 nitrogen and oxygen atoms in total. The van der Waals surface area contributed by atoms with Crippen LogP contribution in [0.4, 0.5) is 4.79 Å². The molecule has 3 amide bonds. The van der Waals surface area contributed by atoms with Crippen molar-refractivity contribution in [2.45, 2.75) is 51.4 Å². The molecular formula is C30H34N3O8S+. The Morgan fingerprint density at radius 3 is 2.60 bits per heavy atom. The van der Waals surface area contributed by atoms with E-state index < -0.39 is 35.5 Å². The Balaban J connectivity index is 1.44. The quantitative estimate of drug-likeness (QED) is 0.420. The van der Waals surface area contributed by atoms with E-state index >= 15 is 0 Å². The number of ether oxygens (including phenoxy) is 3. The highest BCUT2D eigenvalue weighted by Crippen LogP contribution is 2.47. The molecule has 2 aromatic rings. The molecule has 1 saturated heterocycles. The monoisotopic (exact) mass is 596 g/mol. The van der Waals surface area contributed by atoms with Gasteiger partial charge in [-0.15, -0.1) is 4.90 Å². The summed E-state index contributed by atoms with van der Waals surface area (Å²) >= 11 is 1.25. The predicted molar refractivity (Wildman–Crippen MR) is 152 cm³/mol. The summed E-state index contributed by atoms with van der Waals surface area (Å²) in [4.78, 5) is 46.2. The molecular weight excluding hydrogens is 562 g/mol. The maximum absolute atomic E-state index is 14.2. The van der Waals surface area contributed by atoms with Gasteiger partial charge in [-0.3, -0.25) is 0 Å². The van der Waals surface area contributed by atoms with Crippen LogP contribution in [0.2, 0.25) is 0 Å². The van der Waals surface area contributed by atoms with E-state index in [0.29, 0.717) is 39.0 Å². The van der Waals surface area contributed by atoms with Gasteiger partial charge in [0, 0.05) is 18.8 Å².